The lowest BCUT2D eigenvalue weighted by atomic mass is 9.99. The topological polar surface area (TPSA) is 51.3 Å². The number of hydrogen-bond acceptors (Lipinski definition) is 3. The van der Waals surface area contributed by atoms with E-state index in [0.29, 0.717) is 28.8 Å². The van der Waals surface area contributed by atoms with E-state index in [4.69, 9.17) is 0 Å². The number of nitrogens with zero attached hydrogens (tertiary/aromatic N) is 3. The summed E-state index contributed by atoms with van der Waals surface area (Å²) < 4.78 is 32.7. The lowest BCUT2D eigenvalue weighted by molar-refractivity contribution is 0.345. The maximum Gasteiger partial charge on any atom is 0.261 e. The predicted molar refractivity (Wildman–Crippen MR) is 108 cm³/mol. The van der Waals surface area contributed by atoms with Crippen molar-refractivity contribution in [2.75, 3.05) is 13.1 Å². The molecule has 1 aliphatic heterocycles. The van der Waals surface area contributed by atoms with Crippen molar-refractivity contribution >= 4 is 16.4 Å². The Balaban J connectivity index is 1.69. The summed E-state index contributed by atoms with van der Waals surface area (Å²) in [5.41, 5.74) is 1.24. The lowest BCUT2D eigenvalue weighted by Gasteiger charge is -2.26. The van der Waals surface area contributed by atoms with Crippen molar-refractivity contribution in [3.8, 4) is 11.1 Å². The number of hydrogen-bond donors (Lipinski definition) is 1. The highest BCUT2D eigenvalue weighted by molar-refractivity contribution is 5.87. The Kier molecular flexibility index (Phi) is 3.86. The fraction of sp³-hybridized carbons (Fsp3) is 0.273. The molecule has 0 radical (unpaired) electrons. The molecule has 4 aromatic rings. The Bertz CT molecular complexity index is 1330. The van der Waals surface area contributed by atoms with Crippen molar-refractivity contribution in [1.82, 2.24) is 19.3 Å². The van der Waals surface area contributed by atoms with Crippen LogP contribution in [-0.4, -0.2) is 27.0 Å². The summed E-state index contributed by atoms with van der Waals surface area (Å²) in [6.45, 7) is 5.27. The van der Waals surface area contributed by atoms with Crippen LogP contribution in [0.1, 0.15) is 19.0 Å². The van der Waals surface area contributed by atoms with Crippen LogP contribution in [0.4, 0.5) is 8.78 Å². The highest BCUT2D eigenvalue weighted by atomic mass is 19.1. The summed E-state index contributed by atoms with van der Waals surface area (Å²) >= 11 is 0. The second-order valence-corrected chi connectivity index (χ2v) is 8.03. The number of aryl methyl sites for hydroxylation is 1. The van der Waals surface area contributed by atoms with Gasteiger partial charge in [-0.2, -0.15) is 0 Å². The number of imidazole rings is 1. The van der Waals surface area contributed by atoms with Gasteiger partial charge < -0.3 is 14.3 Å². The van der Waals surface area contributed by atoms with Crippen LogP contribution in [0.3, 0.4) is 0 Å². The summed E-state index contributed by atoms with van der Waals surface area (Å²) in [5, 5.41) is 3.81. The van der Waals surface area contributed by atoms with Crippen molar-refractivity contribution in [3.05, 3.63) is 70.5 Å². The van der Waals surface area contributed by atoms with Gasteiger partial charge in [0.05, 0.1) is 16.6 Å². The van der Waals surface area contributed by atoms with Gasteiger partial charge in [-0.15, -0.1) is 0 Å². The Labute approximate surface area is 165 Å². The SMILES string of the molecule is Cc1cn2cc(-c3cc(F)c4c(=O)n([C@@]5(C)CCNC5)ccc4c3)cc(F)c2n1. The molecule has 148 valence electrons. The van der Waals surface area contributed by atoms with E-state index in [1.54, 1.807) is 46.6 Å². The molecule has 4 heterocycles. The van der Waals surface area contributed by atoms with Gasteiger partial charge in [-0.25, -0.2) is 13.8 Å². The molecule has 7 heteroatoms. The Hall–Kier alpha value is -3.06. The first-order chi connectivity index (χ1) is 13.9. The Morgan fingerprint density at radius 2 is 1.93 bits per heavy atom. The van der Waals surface area contributed by atoms with E-state index in [9.17, 15) is 9.18 Å². The average molecular weight is 394 g/mol. The van der Waals surface area contributed by atoms with Crippen LogP contribution in [0.25, 0.3) is 27.5 Å². The third kappa shape index (κ3) is 2.76. The van der Waals surface area contributed by atoms with Gasteiger partial charge in [-0.1, -0.05) is 0 Å². The van der Waals surface area contributed by atoms with E-state index in [-0.39, 0.29) is 22.1 Å². The van der Waals surface area contributed by atoms with Gasteiger partial charge in [-0.3, -0.25) is 4.79 Å². The molecule has 1 aliphatic rings. The lowest BCUT2D eigenvalue weighted by Crippen LogP contribution is -2.40. The second-order valence-electron chi connectivity index (χ2n) is 8.03. The molecule has 0 bridgehead atoms. The first kappa shape index (κ1) is 18.0. The van der Waals surface area contributed by atoms with Crippen LogP contribution in [0.2, 0.25) is 0 Å². The number of nitrogens with one attached hydrogen (secondary N) is 1. The summed E-state index contributed by atoms with van der Waals surface area (Å²) in [6, 6.07) is 6.12. The average Bonchev–Trinajstić information content (AvgIpc) is 3.27. The molecule has 1 aromatic carbocycles. The number of rotatable bonds is 2. The van der Waals surface area contributed by atoms with Crippen LogP contribution in [-0.2, 0) is 5.54 Å². The van der Waals surface area contributed by atoms with E-state index in [1.807, 2.05) is 6.92 Å². The first-order valence-electron chi connectivity index (χ1n) is 9.57. The fourth-order valence-electron chi connectivity index (χ4n) is 4.27. The van der Waals surface area contributed by atoms with Gasteiger partial charge in [0.1, 0.15) is 5.82 Å². The zero-order valence-electron chi connectivity index (χ0n) is 16.2. The smallest absolute Gasteiger partial charge is 0.261 e. The molecule has 0 unspecified atom stereocenters. The van der Waals surface area contributed by atoms with Crippen LogP contribution in [0.15, 0.2) is 47.7 Å². The van der Waals surface area contributed by atoms with E-state index in [2.05, 4.69) is 10.3 Å². The van der Waals surface area contributed by atoms with Crippen LogP contribution in [0.5, 0.6) is 0 Å². The summed E-state index contributed by atoms with van der Waals surface area (Å²) in [7, 11) is 0. The van der Waals surface area contributed by atoms with E-state index in [0.717, 1.165) is 13.0 Å². The molecule has 1 N–H and O–H groups in total. The summed E-state index contributed by atoms with van der Waals surface area (Å²) in [5.74, 6) is -1.08. The minimum atomic E-state index is -0.603. The van der Waals surface area contributed by atoms with Gasteiger partial charge in [0.25, 0.3) is 5.56 Å². The van der Waals surface area contributed by atoms with Gasteiger partial charge in [-0.05, 0) is 62.0 Å². The number of pyridine rings is 2. The maximum atomic E-state index is 15.1. The van der Waals surface area contributed by atoms with E-state index >= 15 is 4.39 Å². The molecule has 0 aliphatic carbocycles. The third-order valence-electron chi connectivity index (χ3n) is 5.84. The van der Waals surface area contributed by atoms with Gasteiger partial charge in [0.2, 0.25) is 0 Å². The Morgan fingerprint density at radius 1 is 1.14 bits per heavy atom. The standard InChI is InChI=1S/C22H20F2N4O/c1-13-10-27-11-16(9-18(24)20(27)26-13)15-7-14-3-6-28(22(2)4-5-25-12-22)21(29)19(14)17(23)8-15/h3,6-11,25H,4-5,12H2,1-2H3/t22-/m0/s1. The van der Waals surface area contributed by atoms with Gasteiger partial charge >= 0.3 is 0 Å². The molecule has 5 rings (SSSR count). The van der Waals surface area contributed by atoms with E-state index in [1.165, 1.54) is 12.1 Å². The first-order valence-corrected chi connectivity index (χ1v) is 9.57. The van der Waals surface area contributed by atoms with Crippen LogP contribution in [0, 0.1) is 18.6 Å². The number of fused-ring (bicyclic) bond motifs is 2. The summed E-state index contributed by atoms with van der Waals surface area (Å²) in [4.78, 5) is 17.2. The minimum absolute atomic E-state index is 0.0596. The van der Waals surface area contributed by atoms with Crippen molar-refractivity contribution in [2.24, 2.45) is 0 Å². The van der Waals surface area contributed by atoms with Crippen LogP contribution >= 0.6 is 0 Å². The zero-order chi connectivity index (χ0) is 20.3. The van der Waals surface area contributed by atoms with Crippen molar-refractivity contribution in [3.63, 3.8) is 0 Å². The number of benzene rings is 1. The van der Waals surface area contributed by atoms with Gasteiger partial charge in [0, 0.05) is 30.7 Å². The zero-order valence-corrected chi connectivity index (χ0v) is 16.2. The molecule has 1 fully saturated rings. The fourth-order valence-corrected chi connectivity index (χ4v) is 4.27. The molecule has 0 amide bonds. The molecule has 3 aromatic heterocycles. The molecule has 1 atom stereocenters. The quantitative estimate of drug-likeness (QED) is 0.565. The monoisotopic (exact) mass is 394 g/mol. The Morgan fingerprint density at radius 3 is 2.69 bits per heavy atom. The van der Waals surface area contributed by atoms with Gasteiger partial charge in [0.15, 0.2) is 11.5 Å². The largest absolute Gasteiger partial charge is 0.314 e. The molecule has 1 saturated heterocycles. The molecular weight excluding hydrogens is 374 g/mol. The molecular formula is C22H20F2N4O. The second kappa shape index (κ2) is 6.22. The number of halogens is 2. The molecule has 0 saturated carbocycles. The van der Waals surface area contributed by atoms with Crippen molar-refractivity contribution in [1.29, 1.82) is 0 Å². The van der Waals surface area contributed by atoms with Crippen molar-refractivity contribution in [2.45, 2.75) is 25.8 Å². The van der Waals surface area contributed by atoms with Crippen molar-refractivity contribution < 1.29 is 8.78 Å². The maximum absolute atomic E-state index is 15.1. The highest BCUT2D eigenvalue weighted by Crippen LogP contribution is 2.29. The molecule has 0 spiro atoms. The predicted octanol–water partition coefficient (Wildman–Crippen LogP) is 3.61. The van der Waals surface area contributed by atoms with E-state index < -0.39 is 11.6 Å². The molecule has 5 nitrogen and oxygen atoms in total. The molecule has 29 heavy (non-hydrogen) atoms. The number of aromatic nitrogens is 3. The third-order valence-corrected chi connectivity index (χ3v) is 5.84. The summed E-state index contributed by atoms with van der Waals surface area (Å²) in [6.07, 6.45) is 5.96. The van der Waals surface area contributed by atoms with Crippen LogP contribution < -0.4 is 10.9 Å². The minimum Gasteiger partial charge on any atom is -0.314 e. The highest BCUT2D eigenvalue weighted by Gasteiger charge is 2.31. The normalized spacial score (nSPS) is 19.4.